The van der Waals surface area contributed by atoms with Crippen LogP contribution in [0.1, 0.15) is 84.5 Å². The van der Waals surface area contributed by atoms with Crippen LogP contribution in [0.2, 0.25) is 0 Å². The van der Waals surface area contributed by atoms with E-state index in [4.69, 9.17) is 28.1 Å². The molecule has 0 amide bonds. The van der Waals surface area contributed by atoms with Crippen molar-refractivity contribution in [2.24, 2.45) is 0 Å². The molecule has 1 unspecified atom stereocenters. The first-order valence-corrected chi connectivity index (χ1v) is 14.1. The molecule has 8 heteroatoms. The Kier molecular flexibility index (Phi) is 19.7. The zero-order chi connectivity index (χ0) is 23.9. The molecule has 33 heavy (non-hydrogen) atoms. The van der Waals surface area contributed by atoms with E-state index >= 15 is 0 Å². The number of ether oxygens (including phenoxy) is 2. The highest BCUT2D eigenvalue weighted by atomic mass is 31.2. The molecule has 7 nitrogen and oxygen atoms in total. The zero-order valence-electron chi connectivity index (χ0n) is 20.7. The van der Waals surface area contributed by atoms with Crippen molar-refractivity contribution < 1.29 is 32.6 Å². The van der Waals surface area contributed by atoms with Crippen molar-refractivity contribution in [1.29, 1.82) is 0 Å². The molecule has 1 aromatic carbocycles. The summed E-state index contributed by atoms with van der Waals surface area (Å²) >= 11 is 0. The van der Waals surface area contributed by atoms with E-state index in [1.165, 1.54) is 51.4 Å². The molecular formula is C25H45O7P. The van der Waals surface area contributed by atoms with E-state index in [-0.39, 0.29) is 19.8 Å². The van der Waals surface area contributed by atoms with Gasteiger partial charge in [-0.3, -0.25) is 9.05 Å². The molecule has 0 saturated carbocycles. The van der Waals surface area contributed by atoms with Gasteiger partial charge in [-0.25, -0.2) is 4.57 Å². The van der Waals surface area contributed by atoms with E-state index in [9.17, 15) is 4.57 Å². The fourth-order valence-electron chi connectivity index (χ4n) is 3.16. The van der Waals surface area contributed by atoms with Crippen LogP contribution in [0.15, 0.2) is 30.3 Å². The summed E-state index contributed by atoms with van der Waals surface area (Å²) in [5.41, 5.74) is 0. The van der Waals surface area contributed by atoms with Crippen LogP contribution in [-0.4, -0.2) is 39.6 Å². The molecule has 1 rings (SSSR count). The van der Waals surface area contributed by atoms with E-state index < -0.39 is 7.82 Å². The monoisotopic (exact) mass is 488 g/mol. The van der Waals surface area contributed by atoms with Crippen molar-refractivity contribution in [3.8, 4) is 5.75 Å². The second-order valence-corrected chi connectivity index (χ2v) is 9.49. The summed E-state index contributed by atoms with van der Waals surface area (Å²) in [6.45, 7) is 6.39. The van der Waals surface area contributed by atoms with Crippen molar-refractivity contribution in [3.05, 3.63) is 30.3 Å². The lowest BCUT2D eigenvalue weighted by Gasteiger charge is -2.17. The quantitative estimate of drug-likeness (QED) is 0.0645. The van der Waals surface area contributed by atoms with Gasteiger partial charge in [-0.05, 0) is 25.5 Å². The number of unbranched alkanes of at least 4 members (excludes halogenated alkanes) is 10. The highest BCUT2D eigenvalue weighted by Gasteiger charge is 2.29. The minimum atomic E-state index is -3.86. The van der Waals surface area contributed by atoms with Gasteiger partial charge in [0.1, 0.15) is 0 Å². The number of phosphoric ester groups is 1. The Morgan fingerprint density at radius 1 is 0.636 bits per heavy atom. The summed E-state index contributed by atoms with van der Waals surface area (Å²) < 4.78 is 39.5. The van der Waals surface area contributed by atoms with Gasteiger partial charge in [0.25, 0.3) is 0 Å². The minimum Gasteiger partial charge on any atom is -0.379 e. The first-order valence-electron chi connectivity index (χ1n) is 12.7. The second-order valence-electron chi connectivity index (χ2n) is 7.93. The van der Waals surface area contributed by atoms with E-state index in [0.29, 0.717) is 25.6 Å². The topological polar surface area (TPSA) is 72.5 Å². The maximum atomic E-state index is 12.9. The lowest BCUT2D eigenvalue weighted by Crippen LogP contribution is -2.11. The summed E-state index contributed by atoms with van der Waals surface area (Å²) in [6, 6.07) is 8.84. The van der Waals surface area contributed by atoms with Gasteiger partial charge in [0.05, 0.1) is 33.0 Å². The maximum absolute atomic E-state index is 12.9. The predicted octanol–water partition coefficient (Wildman–Crippen LogP) is 7.50. The van der Waals surface area contributed by atoms with Gasteiger partial charge in [-0.2, -0.15) is 0 Å². The van der Waals surface area contributed by atoms with Gasteiger partial charge in [-0.15, -0.1) is 0 Å². The number of hydrogen-bond donors (Lipinski definition) is 0. The standard InChI is InChI=1S/C25H45O7P/c1-3-5-6-7-8-9-10-11-12-13-17-20-29-33(26,30-24-23-28-22-21-27-4-2)32-31-25-18-15-14-16-19-25/h14-16,18-19H,3-13,17,20-24H2,1-2H3. The third-order valence-electron chi connectivity index (χ3n) is 5.02. The van der Waals surface area contributed by atoms with Gasteiger partial charge in [0.15, 0.2) is 5.75 Å². The molecule has 0 heterocycles. The first-order chi connectivity index (χ1) is 16.2. The third kappa shape index (κ3) is 18.1. The molecule has 0 aromatic heterocycles. The Morgan fingerprint density at radius 2 is 1.18 bits per heavy atom. The van der Waals surface area contributed by atoms with E-state index in [1.54, 1.807) is 24.3 Å². The van der Waals surface area contributed by atoms with Crippen LogP contribution in [0.4, 0.5) is 0 Å². The molecule has 1 aromatic rings. The summed E-state index contributed by atoms with van der Waals surface area (Å²) in [7, 11) is -3.86. The SMILES string of the molecule is CCCCCCCCCCCCCOP(=O)(OCCOCCOCC)OOc1ccccc1. The van der Waals surface area contributed by atoms with Crippen LogP contribution in [-0.2, 0) is 27.8 Å². The smallest absolute Gasteiger partial charge is 0.379 e. The molecule has 0 spiro atoms. The zero-order valence-corrected chi connectivity index (χ0v) is 21.6. The molecule has 0 bridgehead atoms. The molecule has 0 fully saturated rings. The van der Waals surface area contributed by atoms with Crippen molar-refractivity contribution in [3.63, 3.8) is 0 Å². The molecule has 0 aliphatic rings. The molecule has 192 valence electrons. The summed E-state index contributed by atoms with van der Waals surface area (Å²) in [5, 5.41) is 0. The number of phosphoric acid groups is 1. The average molecular weight is 489 g/mol. The summed E-state index contributed by atoms with van der Waals surface area (Å²) in [4.78, 5) is 5.16. The highest BCUT2D eigenvalue weighted by molar-refractivity contribution is 7.48. The Labute approximate surface area is 201 Å². The third-order valence-corrected chi connectivity index (χ3v) is 6.27. The van der Waals surface area contributed by atoms with Crippen LogP contribution in [0, 0.1) is 0 Å². The molecule has 0 aliphatic carbocycles. The molecular weight excluding hydrogens is 443 g/mol. The van der Waals surface area contributed by atoms with E-state index in [1.807, 2.05) is 13.0 Å². The van der Waals surface area contributed by atoms with Crippen molar-refractivity contribution in [1.82, 2.24) is 0 Å². The van der Waals surface area contributed by atoms with Gasteiger partial charge >= 0.3 is 7.82 Å². The van der Waals surface area contributed by atoms with Gasteiger partial charge in [0, 0.05) is 6.61 Å². The number of rotatable bonds is 24. The van der Waals surface area contributed by atoms with E-state index in [0.717, 1.165) is 19.3 Å². The largest absolute Gasteiger partial charge is 0.511 e. The van der Waals surface area contributed by atoms with Crippen LogP contribution >= 0.6 is 7.82 Å². The molecule has 0 radical (unpaired) electrons. The maximum Gasteiger partial charge on any atom is 0.511 e. The number of para-hydroxylation sites is 1. The number of benzene rings is 1. The number of hydrogen-bond acceptors (Lipinski definition) is 7. The summed E-state index contributed by atoms with van der Waals surface area (Å²) in [6.07, 6.45) is 13.5. The second kappa shape index (κ2) is 21.6. The van der Waals surface area contributed by atoms with Crippen molar-refractivity contribution in [2.45, 2.75) is 84.5 Å². The van der Waals surface area contributed by atoms with Gasteiger partial charge in [-0.1, -0.05) is 94.0 Å². The molecule has 0 aliphatic heterocycles. The fourth-order valence-corrected chi connectivity index (χ4v) is 4.15. The lowest BCUT2D eigenvalue weighted by atomic mass is 10.1. The predicted molar refractivity (Wildman–Crippen MR) is 131 cm³/mol. The van der Waals surface area contributed by atoms with Crippen LogP contribution < -0.4 is 4.89 Å². The van der Waals surface area contributed by atoms with Crippen LogP contribution in [0.3, 0.4) is 0 Å². The van der Waals surface area contributed by atoms with Crippen LogP contribution in [0.5, 0.6) is 5.75 Å². The Balaban J connectivity index is 2.21. The van der Waals surface area contributed by atoms with E-state index in [2.05, 4.69) is 6.92 Å². The fraction of sp³-hybridized carbons (Fsp3) is 0.760. The highest BCUT2D eigenvalue weighted by Crippen LogP contribution is 2.49. The lowest BCUT2D eigenvalue weighted by molar-refractivity contribution is -0.134. The average Bonchev–Trinajstić information content (AvgIpc) is 2.84. The minimum absolute atomic E-state index is 0.0693. The molecule has 0 saturated heterocycles. The Morgan fingerprint density at radius 3 is 1.82 bits per heavy atom. The van der Waals surface area contributed by atoms with Crippen molar-refractivity contribution >= 4 is 7.82 Å². The molecule has 0 N–H and O–H groups in total. The van der Waals surface area contributed by atoms with Crippen LogP contribution in [0.25, 0.3) is 0 Å². The molecule has 1 atom stereocenters. The van der Waals surface area contributed by atoms with Gasteiger partial charge in [0.2, 0.25) is 0 Å². The first kappa shape index (κ1) is 30.1. The summed E-state index contributed by atoms with van der Waals surface area (Å²) in [5.74, 6) is 0.424. The van der Waals surface area contributed by atoms with Crippen molar-refractivity contribution in [2.75, 3.05) is 39.6 Å². The Hall–Kier alpha value is -0.950. The Bertz CT molecular complexity index is 585. The normalized spacial score (nSPS) is 13.2. The van der Waals surface area contributed by atoms with Gasteiger partial charge < -0.3 is 14.4 Å².